The van der Waals surface area contributed by atoms with Gasteiger partial charge in [0, 0.05) is 16.5 Å². The Morgan fingerprint density at radius 3 is 0.915 bits per heavy atom. The second-order valence-electron chi connectivity index (χ2n) is 14.4. The van der Waals surface area contributed by atoms with Crippen LogP contribution in [-0.4, -0.2) is 11.4 Å². The van der Waals surface area contributed by atoms with Crippen LogP contribution in [0.5, 0.6) is 0 Å². The van der Waals surface area contributed by atoms with Crippen LogP contribution in [-0.2, 0) is 16.5 Å². The third-order valence-corrected chi connectivity index (χ3v) is 9.31. The predicted octanol–water partition coefficient (Wildman–Crippen LogP) is 15.2. The molecule has 0 radical (unpaired) electrons. The number of nitrogens with zero attached hydrogens (tertiary/aromatic N) is 2. The largest absolute Gasteiger partial charge is 0.252 e. The van der Waals surface area contributed by atoms with Gasteiger partial charge in [0.15, 0.2) is 0 Å². The molecule has 2 aromatic rings. The zero-order valence-electron chi connectivity index (χ0n) is 31.6. The summed E-state index contributed by atoms with van der Waals surface area (Å²) in [6.45, 7) is 13.3. The maximum Gasteiger partial charge on any atom is 0.0639 e. The first-order valence-electron chi connectivity index (χ1n) is 19.7. The second-order valence-corrected chi connectivity index (χ2v) is 14.4. The summed E-state index contributed by atoms with van der Waals surface area (Å²) in [5.41, 5.74) is 9.62. The quantitative estimate of drug-likeness (QED) is 0.0507. The fraction of sp³-hybridized carbons (Fsp3) is 0.682. The fourth-order valence-corrected chi connectivity index (χ4v) is 6.76. The van der Waals surface area contributed by atoms with Gasteiger partial charge in [-0.1, -0.05) is 154 Å². The molecule has 268 valence electrons. The molecule has 2 nitrogen and oxygen atoms in total. The molecular formula is C44H72N2Ni. The van der Waals surface area contributed by atoms with Gasteiger partial charge in [-0.15, -0.1) is 0 Å². The van der Waals surface area contributed by atoms with Crippen molar-refractivity contribution in [1.29, 1.82) is 0 Å². The average Bonchev–Trinajstić information content (AvgIpc) is 3.00. The van der Waals surface area contributed by atoms with Crippen LogP contribution in [0.1, 0.15) is 190 Å². The zero-order valence-corrected chi connectivity index (χ0v) is 32.6. The fourth-order valence-electron chi connectivity index (χ4n) is 6.76. The van der Waals surface area contributed by atoms with E-state index in [0.717, 1.165) is 30.6 Å². The Bertz CT molecular complexity index is 1090. The number of hydrogen-bond acceptors (Lipinski definition) is 2. The molecule has 0 saturated heterocycles. The first kappa shape index (κ1) is 43.3. The zero-order chi connectivity index (χ0) is 33.2. The van der Waals surface area contributed by atoms with Crippen LogP contribution >= 0.6 is 0 Å². The Morgan fingerprint density at radius 2 is 0.617 bits per heavy atom. The van der Waals surface area contributed by atoms with Crippen molar-refractivity contribution in [1.82, 2.24) is 0 Å². The number of aryl methyl sites for hydroxylation is 4. The van der Waals surface area contributed by atoms with Crippen LogP contribution < -0.4 is 0 Å². The minimum atomic E-state index is 0. The van der Waals surface area contributed by atoms with Crippen molar-refractivity contribution >= 4 is 22.8 Å². The standard InChI is InChI=1S/C44H72N2.Ni/c1-7-9-11-12-13-14-15-16-17-18-19-20-21-22-23-24-25-26-27-28-30-44(46-42-35-39(5)32-40(6)36-42)43(29-10-8-2)45-41-33-37(3)31-38(4)34-41;/h31-36H,7-30H2,1-6H3;. The van der Waals surface area contributed by atoms with E-state index < -0.39 is 0 Å². The van der Waals surface area contributed by atoms with E-state index in [1.165, 1.54) is 169 Å². The molecule has 0 N–H and O–H groups in total. The van der Waals surface area contributed by atoms with Gasteiger partial charge in [-0.3, -0.25) is 9.98 Å². The van der Waals surface area contributed by atoms with Gasteiger partial charge in [0.2, 0.25) is 0 Å². The molecule has 0 saturated carbocycles. The minimum absolute atomic E-state index is 0. The number of aliphatic imine (C=N–C) groups is 2. The topological polar surface area (TPSA) is 24.7 Å². The van der Waals surface area contributed by atoms with E-state index >= 15 is 0 Å². The van der Waals surface area contributed by atoms with E-state index in [2.05, 4.69) is 77.9 Å². The monoisotopic (exact) mass is 687 g/mol. The number of unbranched alkanes of at least 4 members (excludes halogenated alkanes) is 20. The Kier molecular flexibility index (Phi) is 25.9. The summed E-state index contributed by atoms with van der Waals surface area (Å²) >= 11 is 0. The van der Waals surface area contributed by atoms with Crippen LogP contribution in [0.25, 0.3) is 0 Å². The molecule has 0 aromatic heterocycles. The van der Waals surface area contributed by atoms with Crippen molar-refractivity contribution in [2.75, 3.05) is 0 Å². The smallest absolute Gasteiger partial charge is 0.0639 e. The second kappa shape index (κ2) is 28.1. The summed E-state index contributed by atoms with van der Waals surface area (Å²) in [5, 5.41) is 0. The normalized spacial score (nSPS) is 12.0. The van der Waals surface area contributed by atoms with Gasteiger partial charge in [-0.05, 0) is 99.9 Å². The van der Waals surface area contributed by atoms with E-state index in [0.29, 0.717) is 0 Å². The Morgan fingerprint density at radius 1 is 0.362 bits per heavy atom. The predicted molar refractivity (Wildman–Crippen MR) is 208 cm³/mol. The van der Waals surface area contributed by atoms with E-state index in [-0.39, 0.29) is 16.5 Å². The van der Waals surface area contributed by atoms with Crippen molar-refractivity contribution in [2.45, 2.75) is 196 Å². The first-order valence-corrected chi connectivity index (χ1v) is 19.7. The minimum Gasteiger partial charge on any atom is -0.252 e. The van der Waals surface area contributed by atoms with E-state index in [4.69, 9.17) is 9.98 Å². The number of hydrogen-bond donors (Lipinski definition) is 0. The number of rotatable bonds is 27. The van der Waals surface area contributed by atoms with E-state index in [9.17, 15) is 0 Å². The summed E-state index contributed by atoms with van der Waals surface area (Å²) < 4.78 is 0. The van der Waals surface area contributed by atoms with Gasteiger partial charge in [0.05, 0.1) is 22.8 Å². The molecule has 3 heteroatoms. The van der Waals surface area contributed by atoms with Crippen LogP contribution in [0.3, 0.4) is 0 Å². The molecule has 0 unspecified atom stereocenters. The van der Waals surface area contributed by atoms with E-state index in [1.807, 2.05) is 0 Å². The Hall–Kier alpha value is -1.73. The molecular weight excluding hydrogens is 615 g/mol. The molecule has 47 heavy (non-hydrogen) atoms. The van der Waals surface area contributed by atoms with Crippen LogP contribution in [0.15, 0.2) is 46.4 Å². The Balaban J connectivity index is 0.0000110. The van der Waals surface area contributed by atoms with Gasteiger partial charge >= 0.3 is 0 Å². The van der Waals surface area contributed by atoms with E-state index in [1.54, 1.807) is 0 Å². The summed E-state index contributed by atoms with van der Waals surface area (Å²) in [6.07, 6.45) is 32.6. The Labute approximate surface area is 302 Å². The SMILES string of the molecule is CCCCCCCCCCCCCCCCCCCCCCC(=Nc1cc(C)cc(C)c1)C(CCCC)=Nc1cc(C)cc(C)c1.[Ni]. The van der Waals surface area contributed by atoms with Crippen LogP contribution in [0.4, 0.5) is 11.4 Å². The molecule has 0 aliphatic carbocycles. The van der Waals surface area contributed by atoms with Crippen molar-refractivity contribution in [2.24, 2.45) is 9.98 Å². The molecule has 0 bridgehead atoms. The molecule has 0 spiro atoms. The molecule has 0 amide bonds. The van der Waals surface area contributed by atoms with Crippen molar-refractivity contribution in [3.05, 3.63) is 58.7 Å². The number of benzene rings is 2. The summed E-state index contributed by atoms with van der Waals surface area (Å²) in [7, 11) is 0. The van der Waals surface area contributed by atoms with Crippen LogP contribution in [0, 0.1) is 27.7 Å². The third kappa shape index (κ3) is 21.8. The van der Waals surface area contributed by atoms with Gasteiger partial charge in [-0.25, -0.2) is 0 Å². The third-order valence-electron chi connectivity index (χ3n) is 9.31. The molecule has 0 aliphatic rings. The molecule has 2 aromatic carbocycles. The van der Waals surface area contributed by atoms with Crippen molar-refractivity contribution in [3.63, 3.8) is 0 Å². The maximum absolute atomic E-state index is 5.28. The summed E-state index contributed by atoms with van der Waals surface area (Å²) in [6, 6.07) is 13.3. The van der Waals surface area contributed by atoms with Gasteiger partial charge in [0.1, 0.15) is 0 Å². The molecule has 2 rings (SSSR count). The summed E-state index contributed by atoms with van der Waals surface area (Å²) in [4.78, 5) is 10.5. The van der Waals surface area contributed by atoms with Crippen LogP contribution in [0.2, 0.25) is 0 Å². The summed E-state index contributed by atoms with van der Waals surface area (Å²) in [5.74, 6) is 0. The average molecular weight is 688 g/mol. The van der Waals surface area contributed by atoms with Gasteiger partial charge in [0.25, 0.3) is 0 Å². The van der Waals surface area contributed by atoms with Gasteiger partial charge in [-0.2, -0.15) is 0 Å². The van der Waals surface area contributed by atoms with Gasteiger partial charge < -0.3 is 0 Å². The molecule has 0 heterocycles. The molecule has 0 aliphatic heterocycles. The first-order chi connectivity index (χ1) is 22.4. The maximum atomic E-state index is 5.28. The molecule has 0 atom stereocenters. The van der Waals surface area contributed by atoms with Crippen molar-refractivity contribution < 1.29 is 16.5 Å². The van der Waals surface area contributed by atoms with Crippen molar-refractivity contribution in [3.8, 4) is 0 Å². The molecule has 0 fully saturated rings.